The van der Waals surface area contributed by atoms with Crippen LogP contribution in [0, 0.1) is 6.92 Å². The number of rotatable bonds is 3. The van der Waals surface area contributed by atoms with Gasteiger partial charge in [0.1, 0.15) is 0 Å². The van der Waals surface area contributed by atoms with E-state index in [1.54, 1.807) is 6.07 Å². The van der Waals surface area contributed by atoms with Crippen LogP contribution < -0.4 is 5.32 Å². The molecule has 0 bridgehead atoms. The highest BCUT2D eigenvalue weighted by molar-refractivity contribution is 9.10. The minimum Gasteiger partial charge on any atom is -0.351 e. The first-order chi connectivity index (χ1) is 7.00. The molecule has 0 spiro atoms. The Labute approximate surface area is 103 Å². The zero-order valence-corrected chi connectivity index (χ0v) is 11.0. The quantitative estimate of drug-likeness (QED) is 0.852. The van der Waals surface area contributed by atoms with Crippen LogP contribution in [0.1, 0.15) is 22.8 Å². The third-order valence-corrected chi connectivity index (χ3v) is 2.99. The van der Waals surface area contributed by atoms with E-state index in [2.05, 4.69) is 21.2 Å². The van der Waals surface area contributed by atoms with Crippen molar-refractivity contribution < 1.29 is 4.79 Å². The molecule has 0 aliphatic rings. The highest BCUT2D eigenvalue weighted by Crippen LogP contribution is 2.17. The molecule has 15 heavy (non-hydrogen) atoms. The van der Waals surface area contributed by atoms with Gasteiger partial charge < -0.3 is 5.32 Å². The molecule has 0 heterocycles. The Morgan fingerprint density at radius 2 is 2.27 bits per heavy atom. The van der Waals surface area contributed by atoms with Crippen molar-refractivity contribution in [1.29, 1.82) is 0 Å². The predicted octanol–water partition coefficient (Wildman–Crippen LogP) is 3.11. The maximum Gasteiger partial charge on any atom is 0.251 e. The van der Waals surface area contributed by atoms with Crippen molar-refractivity contribution in [2.24, 2.45) is 0 Å². The van der Waals surface area contributed by atoms with Crippen LogP contribution in [-0.4, -0.2) is 17.8 Å². The van der Waals surface area contributed by atoms with E-state index in [1.165, 1.54) is 0 Å². The van der Waals surface area contributed by atoms with Gasteiger partial charge in [-0.3, -0.25) is 4.79 Å². The van der Waals surface area contributed by atoms with Crippen LogP contribution in [0.4, 0.5) is 0 Å². The van der Waals surface area contributed by atoms with Gasteiger partial charge in [-0.25, -0.2) is 0 Å². The van der Waals surface area contributed by atoms with E-state index in [4.69, 9.17) is 11.6 Å². The Bertz CT molecular complexity index is 366. The van der Waals surface area contributed by atoms with E-state index < -0.39 is 0 Å². The SMILES string of the molecule is Cc1ccc(C(=O)NCC(C)Cl)cc1Br. The molecule has 1 amide bonds. The number of amides is 1. The van der Waals surface area contributed by atoms with Gasteiger partial charge in [0.15, 0.2) is 0 Å². The van der Waals surface area contributed by atoms with Gasteiger partial charge in [-0.15, -0.1) is 11.6 Å². The molecular formula is C11H13BrClNO. The molecule has 0 aliphatic carbocycles. The Morgan fingerprint density at radius 1 is 1.60 bits per heavy atom. The molecule has 0 radical (unpaired) electrons. The second kappa shape index (κ2) is 5.52. The summed E-state index contributed by atoms with van der Waals surface area (Å²) in [6.07, 6.45) is 0. The summed E-state index contributed by atoms with van der Waals surface area (Å²) in [6, 6.07) is 5.51. The third-order valence-electron chi connectivity index (χ3n) is 1.98. The summed E-state index contributed by atoms with van der Waals surface area (Å²) in [4.78, 5) is 11.6. The smallest absolute Gasteiger partial charge is 0.251 e. The molecule has 1 atom stereocenters. The number of nitrogens with one attached hydrogen (secondary N) is 1. The van der Waals surface area contributed by atoms with Gasteiger partial charge in [-0.05, 0) is 31.5 Å². The van der Waals surface area contributed by atoms with Gasteiger partial charge in [0.05, 0.1) is 0 Å². The molecule has 1 aromatic carbocycles. The number of carbonyl (C=O) groups is 1. The van der Waals surface area contributed by atoms with E-state index in [-0.39, 0.29) is 11.3 Å². The van der Waals surface area contributed by atoms with E-state index in [0.29, 0.717) is 12.1 Å². The second-order valence-corrected chi connectivity index (χ2v) is 5.05. The summed E-state index contributed by atoms with van der Waals surface area (Å²) in [6.45, 7) is 4.30. The highest BCUT2D eigenvalue weighted by atomic mass is 79.9. The zero-order chi connectivity index (χ0) is 11.4. The average Bonchev–Trinajstić information content (AvgIpc) is 2.18. The van der Waals surface area contributed by atoms with Crippen LogP contribution in [0.3, 0.4) is 0 Å². The lowest BCUT2D eigenvalue weighted by Crippen LogP contribution is -2.28. The number of alkyl halides is 1. The molecule has 1 rings (SSSR count). The minimum atomic E-state index is -0.0943. The fraction of sp³-hybridized carbons (Fsp3) is 0.364. The van der Waals surface area contributed by atoms with Gasteiger partial charge in [-0.1, -0.05) is 22.0 Å². The fourth-order valence-corrected chi connectivity index (χ4v) is 1.53. The van der Waals surface area contributed by atoms with E-state index in [9.17, 15) is 4.79 Å². The Balaban J connectivity index is 2.70. The maximum atomic E-state index is 11.6. The normalized spacial score (nSPS) is 12.3. The molecule has 1 N–H and O–H groups in total. The lowest BCUT2D eigenvalue weighted by molar-refractivity contribution is 0.0954. The summed E-state index contributed by atoms with van der Waals surface area (Å²) in [5.74, 6) is -0.0943. The van der Waals surface area contributed by atoms with Crippen molar-refractivity contribution in [3.63, 3.8) is 0 Å². The molecule has 2 nitrogen and oxygen atoms in total. The number of halogens is 2. The minimum absolute atomic E-state index is 0.0529. The molecule has 0 saturated carbocycles. The lowest BCUT2D eigenvalue weighted by atomic mass is 10.1. The van der Waals surface area contributed by atoms with Crippen molar-refractivity contribution in [1.82, 2.24) is 5.32 Å². The van der Waals surface area contributed by atoms with Crippen LogP contribution in [0.2, 0.25) is 0 Å². The van der Waals surface area contributed by atoms with Crippen LogP contribution in [0.15, 0.2) is 22.7 Å². The number of hydrogen-bond donors (Lipinski definition) is 1. The molecule has 0 aromatic heterocycles. The van der Waals surface area contributed by atoms with Crippen molar-refractivity contribution in [2.75, 3.05) is 6.54 Å². The summed E-state index contributed by atoms with van der Waals surface area (Å²) >= 11 is 9.13. The maximum absolute atomic E-state index is 11.6. The molecule has 4 heteroatoms. The van der Waals surface area contributed by atoms with Crippen molar-refractivity contribution in [3.8, 4) is 0 Å². The highest BCUT2D eigenvalue weighted by Gasteiger charge is 2.07. The Kier molecular flexibility index (Phi) is 4.61. The van der Waals surface area contributed by atoms with Crippen LogP contribution in [0.25, 0.3) is 0 Å². The fourth-order valence-electron chi connectivity index (χ4n) is 1.07. The molecule has 1 aromatic rings. The third kappa shape index (κ3) is 3.84. The molecule has 0 fully saturated rings. The number of aryl methyl sites for hydroxylation is 1. The summed E-state index contributed by atoms with van der Waals surface area (Å²) in [5, 5.41) is 2.70. The van der Waals surface area contributed by atoms with Gasteiger partial charge >= 0.3 is 0 Å². The molecule has 82 valence electrons. The van der Waals surface area contributed by atoms with Gasteiger partial charge in [0.2, 0.25) is 0 Å². The topological polar surface area (TPSA) is 29.1 Å². The van der Waals surface area contributed by atoms with Crippen LogP contribution in [0.5, 0.6) is 0 Å². The first-order valence-electron chi connectivity index (χ1n) is 4.69. The predicted molar refractivity (Wildman–Crippen MR) is 66.5 cm³/mol. The van der Waals surface area contributed by atoms with Crippen LogP contribution >= 0.6 is 27.5 Å². The largest absolute Gasteiger partial charge is 0.351 e. The monoisotopic (exact) mass is 289 g/mol. The molecule has 1 unspecified atom stereocenters. The van der Waals surface area contributed by atoms with Crippen molar-refractivity contribution in [2.45, 2.75) is 19.2 Å². The van der Waals surface area contributed by atoms with Crippen molar-refractivity contribution in [3.05, 3.63) is 33.8 Å². The number of hydrogen-bond acceptors (Lipinski definition) is 1. The molecular weight excluding hydrogens is 277 g/mol. The Hall–Kier alpha value is -0.540. The van der Waals surface area contributed by atoms with Gasteiger partial charge in [0.25, 0.3) is 5.91 Å². The standard InChI is InChI=1S/C11H13BrClNO/c1-7-3-4-9(5-10(7)12)11(15)14-6-8(2)13/h3-5,8H,6H2,1-2H3,(H,14,15). The van der Waals surface area contributed by atoms with E-state index >= 15 is 0 Å². The Morgan fingerprint density at radius 3 is 2.80 bits per heavy atom. The second-order valence-electron chi connectivity index (χ2n) is 3.45. The van der Waals surface area contributed by atoms with Crippen LogP contribution in [-0.2, 0) is 0 Å². The average molecular weight is 291 g/mol. The van der Waals surface area contributed by atoms with Crippen molar-refractivity contribution >= 4 is 33.4 Å². The zero-order valence-electron chi connectivity index (χ0n) is 8.68. The van der Waals surface area contributed by atoms with E-state index in [1.807, 2.05) is 26.0 Å². The van der Waals surface area contributed by atoms with Gasteiger partial charge in [0, 0.05) is 22.0 Å². The lowest BCUT2D eigenvalue weighted by Gasteiger charge is -2.07. The molecule has 0 saturated heterocycles. The molecule has 0 aliphatic heterocycles. The number of benzene rings is 1. The first kappa shape index (κ1) is 12.5. The first-order valence-corrected chi connectivity index (χ1v) is 5.92. The van der Waals surface area contributed by atoms with E-state index in [0.717, 1.165) is 10.0 Å². The number of carbonyl (C=O) groups excluding carboxylic acids is 1. The summed E-state index contributed by atoms with van der Waals surface area (Å²) < 4.78 is 0.939. The summed E-state index contributed by atoms with van der Waals surface area (Å²) in [5.41, 5.74) is 1.75. The summed E-state index contributed by atoms with van der Waals surface area (Å²) in [7, 11) is 0. The van der Waals surface area contributed by atoms with Gasteiger partial charge in [-0.2, -0.15) is 0 Å².